The van der Waals surface area contributed by atoms with Crippen LogP contribution in [-0.2, 0) is 15.4 Å². The van der Waals surface area contributed by atoms with Gasteiger partial charge in [0, 0.05) is 23.2 Å². The molecule has 3 aromatic rings. The van der Waals surface area contributed by atoms with Crippen molar-refractivity contribution in [1.82, 2.24) is 26.1 Å². The second-order valence-corrected chi connectivity index (χ2v) is 15.2. The van der Waals surface area contributed by atoms with Gasteiger partial charge in [-0.05, 0) is 86.5 Å². The Morgan fingerprint density at radius 1 is 1.07 bits per heavy atom. The number of amides is 1. The summed E-state index contributed by atoms with van der Waals surface area (Å²) in [5.41, 5.74) is 13.3. The minimum absolute atomic E-state index is 0.230. The van der Waals surface area contributed by atoms with Crippen molar-refractivity contribution in [3.8, 4) is 5.75 Å². The lowest BCUT2D eigenvalue weighted by Crippen LogP contribution is -2.36. The Morgan fingerprint density at radius 3 is 2.43 bits per heavy atom. The van der Waals surface area contributed by atoms with Crippen molar-refractivity contribution >= 4 is 38.7 Å². The summed E-state index contributed by atoms with van der Waals surface area (Å²) in [5, 5.41) is 13.1. The fourth-order valence-electron chi connectivity index (χ4n) is 6.13. The number of hydrazine groups is 2. The van der Waals surface area contributed by atoms with E-state index in [0.29, 0.717) is 23.2 Å². The van der Waals surface area contributed by atoms with Crippen LogP contribution in [0, 0.1) is 6.92 Å². The highest BCUT2D eigenvalue weighted by molar-refractivity contribution is 7.92. The summed E-state index contributed by atoms with van der Waals surface area (Å²) < 4.78 is 34.7. The van der Waals surface area contributed by atoms with E-state index < -0.39 is 10.0 Å². The summed E-state index contributed by atoms with van der Waals surface area (Å²) >= 11 is 0. The second-order valence-electron chi connectivity index (χ2n) is 13.5. The molecule has 1 saturated heterocycles. The molecule has 1 aromatic heterocycles. The molecule has 12 nitrogen and oxygen atoms in total. The van der Waals surface area contributed by atoms with Gasteiger partial charge in [0.25, 0.3) is 5.91 Å². The van der Waals surface area contributed by atoms with Gasteiger partial charge in [0.05, 0.1) is 54.1 Å². The van der Waals surface area contributed by atoms with E-state index in [4.69, 9.17) is 9.84 Å². The lowest BCUT2D eigenvalue weighted by Gasteiger charge is -2.25. The number of carbonyl (C=O) groups is 1. The summed E-state index contributed by atoms with van der Waals surface area (Å²) in [6, 6.07) is 9.55. The van der Waals surface area contributed by atoms with E-state index in [-0.39, 0.29) is 22.8 Å². The maximum atomic E-state index is 13.7. The monoisotopic (exact) mass is 648 g/mol. The summed E-state index contributed by atoms with van der Waals surface area (Å²) in [4.78, 5) is 13.7. The molecule has 1 amide bonds. The number of rotatable bonds is 9. The third-order valence-corrected chi connectivity index (χ3v) is 9.34. The van der Waals surface area contributed by atoms with Gasteiger partial charge in [-0.2, -0.15) is 5.10 Å². The predicted octanol–water partition coefficient (Wildman–Crippen LogP) is 4.75. The van der Waals surface area contributed by atoms with Gasteiger partial charge in [0.1, 0.15) is 0 Å². The molecular weight excluding hydrogens is 604 g/mol. The summed E-state index contributed by atoms with van der Waals surface area (Å²) in [7, 11) is -2.15. The number of hydrogen-bond donors (Lipinski definition) is 5. The van der Waals surface area contributed by atoms with Crippen LogP contribution in [0.3, 0.4) is 0 Å². The highest BCUT2D eigenvalue weighted by atomic mass is 32.2. The Bertz CT molecular complexity index is 1780. The van der Waals surface area contributed by atoms with E-state index in [2.05, 4.69) is 31.0 Å². The van der Waals surface area contributed by atoms with Gasteiger partial charge in [-0.25, -0.2) is 8.42 Å². The van der Waals surface area contributed by atoms with Gasteiger partial charge in [-0.1, -0.05) is 26.8 Å². The highest BCUT2D eigenvalue weighted by Crippen LogP contribution is 2.42. The summed E-state index contributed by atoms with van der Waals surface area (Å²) in [6.07, 6.45) is 9.58. The first-order chi connectivity index (χ1) is 21.8. The van der Waals surface area contributed by atoms with Gasteiger partial charge in [0.15, 0.2) is 5.75 Å². The number of nitrogens with zero attached hydrogens (tertiary/aromatic N) is 3. The zero-order valence-electron chi connectivity index (χ0n) is 27.3. The number of methoxy groups -OCH3 is 1. The fraction of sp³-hybridized carbons (Fsp3) is 0.455. The number of carbonyl (C=O) groups excluding carboxylic acids is 1. The smallest absolute Gasteiger partial charge is 0.255 e. The molecule has 0 bridgehead atoms. The maximum absolute atomic E-state index is 13.7. The second kappa shape index (κ2) is 12.3. The molecule has 0 spiro atoms. The number of ether oxygens (including phenoxy) is 1. The predicted molar refractivity (Wildman–Crippen MR) is 181 cm³/mol. The first-order valence-corrected chi connectivity index (χ1v) is 17.6. The first-order valence-electron chi connectivity index (χ1n) is 15.8. The Kier molecular flexibility index (Phi) is 8.51. The minimum atomic E-state index is -3.60. The Labute approximate surface area is 270 Å². The minimum Gasteiger partial charge on any atom is -0.492 e. The first kappa shape index (κ1) is 31.9. The van der Waals surface area contributed by atoms with E-state index in [1.165, 1.54) is 25.6 Å². The maximum Gasteiger partial charge on any atom is 0.255 e. The van der Waals surface area contributed by atoms with Crippen LogP contribution in [0.25, 0.3) is 5.70 Å². The van der Waals surface area contributed by atoms with Crippen molar-refractivity contribution in [3.63, 3.8) is 0 Å². The fourth-order valence-corrected chi connectivity index (χ4v) is 6.68. The lowest BCUT2D eigenvalue weighted by atomic mass is 9.86. The van der Waals surface area contributed by atoms with Crippen LogP contribution in [-0.4, -0.2) is 50.6 Å². The third-order valence-electron chi connectivity index (χ3n) is 8.75. The van der Waals surface area contributed by atoms with E-state index in [1.807, 2.05) is 63.3 Å². The molecular formula is C33H44N8O4S. The molecule has 0 atom stereocenters. The molecule has 246 valence electrons. The zero-order chi connectivity index (χ0) is 32.8. The Hall–Kier alpha value is -4.07. The van der Waals surface area contributed by atoms with E-state index >= 15 is 0 Å². The van der Waals surface area contributed by atoms with E-state index in [1.54, 1.807) is 12.1 Å². The van der Waals surface area contributed by atoms with Gasteiger partial charge in [-0.15, -0.1) is 5.53 Å². The molecule has 46 heavy (non-hydrogen) atoms. The van der Waals surface area contributed by atoms with Crippen molar-refractivity contribution < 1.29 is 17.9 Å². The lowest BCUT2D eigenvalue weighted by molar-refractivity contribution is 0.102. The number of aromatic nitrogens is 2. The number of hydrogen-bond acceptors (Lipinski definition) is 9. The summed E-state index contributed by atoms with van der Waals surface area (Å²) in [6.45, 7) is 10.1. The highest BCUT2D eigenvalue weighted by Gasteiger charge is 2.33. The van der Waals surface area contributed by atoms with E-state index in [0.717, 1.165) is 60.3 Å². The quantitative estimate of drug-likeness (QED) is 0.222. The molecule has 0 radical (unpaired) electrons. The number of sulfonamides is 1. The number of benzene rings is 2. The van der Waals surface area contributed by atoms with Crippen molar-refractivity contribution in [2.75, 3.05) is 41.5 Å². The molecule has 2 aliphatic heterocycles. The van der Waals surface area contributed by atoms with Gasteiger partial charge < -0.3 is 20.8 Å². The SMILES string of the molecule is COc1c(NC(=O)c2ccc(C)c(N3C=C(c4cnn(C5CC5)c4C4CCNCC4)NN3)c2)cc(C(C)(C)C)cc1NS(C)(=O)=O. The molecule has 0 unspecified atom stereocenters. The number of nitrogens with one attached hydrogen (secondary N) is 5. The van der Waals surface area contributed by atoms with Gasteiger partial charge in [0.2, 0.25) is 10.0 Å². The molecule has 13 heteroatoms. The molecule has 3 heterocycles. The van der Waals surface area contributed by atoms with Gasteiger partial charge >= 0.3 is 0 Å². The molecule has 3 aliphatic rings. The largest absolute Gasteiger partial charge is 0.492 e. The number of piperidine rings is 1. The number of aryl methyl sites for hydroxylation is 1. The third kappa shape index (κ3) is 6.72. The van der Waals surface area contributed by atoms with Crippen LogP contribution >= 0.6 is 0 Å². The topological polar surface area (TPSA) is 142 Å². The molecule has 5 N–H and O–H groups in total. The van der Waals surface area contributed by atoms with Crippen LogP contribution < -0.4 is 36.1 Å². The Balaban J connectivity index is 1.29. The van der Waals surface area contributed by atoms with Crippen molar-refractivity contribution in [2.24, 2.45) is 0 Å². The van der Waals surface area contributed by atoms with Crippen molar-refractivity contribution in [3.05, 3.63) is 70.7 Å². The molecule has 1 aliphatic carbocycles. The van der Waals surface area contributed by atoms with Crippen LogP contribution in [0.5, 0.6) is 5.75 Å². The number of anilines is 3. The normalized spacial score (nSPS) is 17.4. The van der Waals surface area contributed by atoms with Crippen LogP contribution in [0.2, 0.25) is 0 Å². The molecule has 1 saturated carbocycles. The van der Waals surface area contributed by atoms with Crippen LogP contribution in [0.15, 0.2) is 42.7 Å². The van der Waals surface area contributed by atoms with Crippen LogP contribution in [0.1, 0.15) is 91.2 Å². The van der Waals surface area contributed by atoms with E-state index in [9.17, 15) is 13.2 Å². The van der Waals surface area contributed by atoms with Crippen LogP contribution in [0.4, 0.5) is 17.1 Å². The van der Waals surface area contributed by atoms with Crippen molar-refractivity contribution in [2.45, 2.75) is 70.8 Å². The average molecular weight is 649 g/mol. The zero-order valence-corrected chi connectivity index (χ0v) is 28.1. The molecule has 6 rings (SSSR count). The molecule has 2 fully saturated rings. The van der Waals surface area contributed by atoms with Gasteiger partial charge in [-0.3, -0.25) is 19.2 Å². The standard InChI is InChI=1S/C33H44N8O4S/c1-20-7-8-22(32(42)36-26-16-23(33(2,3)4)17-27(31(26)45-5)38-46(6,43)44)15-29(20)40-19-28(37-39-40)25-18-35-41(24-9-10-24)30(25)21-11-13-34-14-12-21/h7-8,15-19,21,24,34,37-39H,9-14H2,1-6H3,(H,36,42). The summed E-state index contributed by atoms with van der Waals surface area (Å²) in [5.74, 6) is 0.325. The van der Waals surface area contributed by atoms with Crippen molar-refractivity contribution in [1.29, 1.82) is 0 Å². The average Bonchev–Trinajstić information content (AvgIpc) is 3.55. The Morgan fingerprint density at radius 2 is 1.78 bits per heavy atom. The molecule has 2 aromatic carbocycles.